The molecule has 0 radical (unpaired) electrons. The Kier molecular flexibility index (Phi) is 6.10. The van der Waals surface area contributed by atoms with Crippen molar-refractivity contribution in [2.24, 2.45) is 0 Å². The van der Waals surface area contributed by atoms with Crippen molar-refractivity contribution in [3.8, 4) is 28.6 Å². The van der Waals surface area contributed by atoms with Crippen LogP contribution in [0.3, 0.4) is 0 Å². The maximum atomic E-state index is 6.10. The Morgan fingerprint density at radius 1 is 1.09 bits per heavy atom. The summed E-state index contributed by atoms with van der Waals surface area (Å²) in [6, 6.07) is 15.8. The molecule has 172 valence electrons. The summed E-state index contributed by atoms with van der Waals surface area (Å²) < 4.78 is 12.0. The first-order valence-electron chi connectivity index (χ1n) is 11.3. The van der Waals surface area contributed by atoms with Gasteiger partial charge in [0.25, 0.3) is 5.88 Å². The van der Waals surface area contributed by atoms with E-state index in [2.05, 4.69) is 41.0 Å². The number of nitrogen functional groups attached to an aromatic ring is 1. The van der Waals surface area contributed by atoms with Crippen LogP contribution in [0.5, 0.6) is 17.4 Å². The summed E-state index contributed by atoms with van der Waals surface area (Å²) in [5.41, 5.74) is 12.7. The first kappa shape index (κ1) is 21.9. The lowest BCUT2D eigenvalue weighted by atomic mass is 9.92. The summed E-state index contributed by atoms with van der Waals surface area (Å²) in [5, 5.41) is 0. The van der Waals surface area contributed by atoms with Gasteiger partial charge in [0, 0.05) is 30.4 Å². The minimum atomic E-state index is 0.223. The van der Waals surface area contributed by atoms with Crippen molar-refractivity contribution in [3.05, 3.63) is 89.4 Å². The monoisotopic (exact) mass is 453 g/mol. The molecular formula is C27H27N5O2. The highest BCUT2D eigenvalue weighted by atomic mass is 16.5. The molecule has 2 aromatic carbocycles. The van der Waals surface area contributed by atoms with Gasteiger partial charge in [-0.05, 0) is 67.4 Å². The number of hydrogen-bond donors (Lipinski definition) is 1. The molecule has 7 heteroatoms. The predicted octanol–water partition coefficient (Wildman–Crippen LogP) is 4.79. The van der Waals surface area contributed by atoms with E-state index >= 15 is 0 Å². The third-order valence-corrected chi connectivity index (χ3v) is 6.02. The quantitative estimate of drug-likeness (QED) is 0.449. The zero-order valence-corrected chi connectivity index (χ0v) is 19.4. The van der Waals surface area contributed by atoms with E-state index in [-0.39, 0.29) is 12.4 Å². The fourth-order valence-corrected chi connectivity index (χ4v) is 4.22. The van der Waals surface area contributed by atoms with Crippen molar-refractivity contribution in [1.82, 2.24) is 19.9 Å². The Labute approximate surface area is 199 Å². The molecule has 0 aliphatic carbocycles. The Morgan fingerprint density at radius 3 is 2.79 bits per heavy atom. The summed E-state index contributed by atoms with van der Waals surface area (Å²) >= 11 is 0. The molecule has 0 atom stereocenters. The average molecular weight is 454 g/mol. The van der Waals surface area contributed by atoms with Gasteiger partial charge in [-0.3, -0.25) is 4.98 Å². The summed E-state index contributed by atoms with van der Waals surface area (Å²) in [4.78, 5) is 15.6. The molecule has 1 aliphatic rings. The number of pyridine rings is 1. The smallest absolute Gasteiger partial charge is 0.258 e. The lowest BCUT2D eigenvalue weighted by Gasteiger charge is -2.27. The van der Waals surface area contributed by atoms with Crippen LogP contribution in [-0.4, -0.2) is 33.4 Å². The van der Waals surface area contributed by atoms with Gasteiger partial charge in [0.1, 0.15) is 12.4 Å². The van der Waals surface area contributed by atoms with Crippen LogP contribution in [0.2, 0.25) is 0 Å². The minimum absolute atomic E-state index is 0.223. The molecule has 0 amide bonds. The van der Waals surface area contributed by atoms with Crippen LogP contribution in [0.15, 0.2) is 67.1 Å². The van der Waals surface area contributed by atoms with Gasteiger partial charge >= 0.3 is 0 Å². The molecule has 0 saturated heterocycles. The molecule has 0 spiro atoms. The van der Waals surface area contributed by atoms with E-state index < -0.39 is 0 Å². The van der Waals surface area contributed by atoms with Crippen LogP contribution in [0.4, 0.5) is 5.82 Å². The predicted molar refractivity (Wildman–Crippen MR) is 132 cm³/mol. The van der Waals surface area contributed by atoms with Gasteiger partial charge in [-0.2, -0.15) is 0 Å². The fourth-order valence-electron chi connectivity index (χ4n) is 4.22. The molecule has 2 N–H and O–H groups in total. The molecular weight excluding hydrogens is 426 g/mol. The van der Waals surface area contributed by atoms with Gasteiger partial charge in [0.05, 0.1) is 18.1 Å². The van der Waals surface area contributed by atoms with Crippen LogP contribution in [0.1, 0.15) is 22.3 Å². The van der Waals surface area contributed by atoms with E-state index in [0.29, 0.717) is 11.6 Å². The number of ether oxygens (including phenoxy) is 2. The normalized spacial score (nSPS) is 13.4. The Bertz CT molecular complexity index is 1310. The van der Waals surface area contributed by atoms with Gasteiger partial charge in [-0.1, -0.05) is 18.2 Å². The lowest BCUT2D eigenvalue weighted by Crippen LogP contribution is -2.27. The average Bonchev–Trinajstić information content (AvgIpc) is 2.84. The lowest BCUT2D eigenvalue weighted by molar-refractivity contribution is 0.289. The Balaban J connectivity index is 1.38. The molecule has 7 nitrogen and oxygen atoms in total. The molecule has 0 bridgehead atoms. The van der Waals surface area contributed by atoms with Crippen molar-refractivity contribution in [1.29, 1.82) is 0 Å². The standard InChI is InChI=1S/C27H27N5O2/c1-18-12-20(13-21-16-32(2)11-9-23(18)21)24-14-30-26(28)27(31-24)33-17-19-8-10-29-15-25(19)34-22-6-4-3-5-7-22/h3-8,10,12-15H,9,11,16-17H2,1-2H3,(H2,28,30). The van der Waals surface area contributed by atoms with Crippen LogP contribution in [0.25, 0.3) is 11.3 Å². The molecule has 1 aliphatic heterocycles. The van der Waals surface area contributed by atoms with Crippen LogP contribution >= 0.6 is 0 Å². The molecule has 0 unspecified atom stereocenters. The second kappa shape index (κ2) is 9.49. The van der Waals surface area contributed by atoms with Crippen molar-refractivity contribution in [3.63, 3.8) is 0 Å². The van der Waals surface area contributed by atoms with E-state index in [1.54, 1.807) is 18.6 Å². The number of benzene rings is 2. The van der Waals surface area contributed by atoms with E-state index in [1.807, 2.05) is 36.4 Å². The number of nitrogens with zero attached hydrogens (tertiary/aromatic N) is 4. The zero-order valence-electron chi connectivity index (χ0n) is 19.4. The highest BCUT2D eigenvalue weighted by Gasteiger charge is 2.18. The van der Waals surface area contributed by atoms with E-state index in [9.17, 15) is 0 Å². The number of hydrogen-bond acceptors (Lipinski definition) is 7. The fraction of sp³-hybridized carbons (Fsp3) is 0.222. The van der Waals surface area contributed by atoms with Crippen molar-refractivity contribution in [2.45, 2.75) is 26.5 Å². The second-order valence-corrected chi connectivity index (χ2v) is 8.55. The topological polar surface area (TPSA) is 86.4 Å². The first-order valence-corrected chi connectivity index (χ1v) is 11.3. The van der Waals surface area contributed by atoms with Gasteiger partial charge in [0.15, 0.2) is 11.6 Å². The van der Waals surface area contributed by atoms with Crippen LogP contribution in [-0.2, 0) is 19.6 Å². The number of nitrogens with two attached hydrogens (primary N) is 1. The zero-order chi connectivity index (χ0) is 23.5. The maximum absolute atomic E-state index is 6.10. The Hall–Kier alpha value is -3.97. The number of rotatable bonds is 6. The van der Waals surface area contributed by atoms with Gasteiger partial charge in [-0.15, -0.1) is 0 Å². The van der Waals surface area contributed by atoms with E-state index in [0.717, 1.165) is 42.1 Å². The van der Waals surface area contributed by atoms with Crippen LogP contribution < -0.4 is 15.2 Å². The molecule has 4 aromatic rings. The second-order valence-electron chi connectivity index (χ2n) is 8.55. The third-order valence-electron chi connectivity index (χ3n) is 6.02. The summed E-state index contributed by atoms with van der Waals surface area (Å²) in [6.45, 7) is 4.40. The number of anilines is 1. The molecule has 2 aromatic heterocycles. The van der Waals surface area contributed by atoms with Gasteiger partial charge in [0.2, 0.25) is 0 Å². The van der Waals surface area contributed by atoms with Crippen molar-refractivity contribution in [2.75, 3.05) is 19.3 Å². The number of aryl methyl sites for hydroxylation is 1. The van der Waals surface area contributed by atoms with E-state index in [4.69, 9.17) is 20.2 Å². The number of para-hydroxylation sites is 1. The Morgan fingerprint density at radius 2 is 1.94 bits per heavy atom. The van der Waals surface area contributed by atoms with Crippen LogP contribution in [0, 0.1) is 6.92 Å². The highest BCUT2D eigenvalue weighted by Crippen LogP contribution is 2.31. The molecule has 0 saturated carbocycles. The SMILES string of the molecule is Cc1cc(-c2cnc(N)c(OCc3ccncc3Oc3ccccc3)n2)cc2c1CCN(C)C2. The van der Waals surface area contributed by atoms with Gasteiger partial charge in [-0.25, -0.2) is 9.97 Å². The van der Waals surface area contributed by atoms with Crippen molar-refractivity contribution >= 4 is 5.82 Å². The van der Waals surface area contributed by atoms with Gasteiger partial charge < -0.3 is 20.1 Å². The van der Waals surface area contributed by atoms with Crippen molar-refractivity contribution < 1.29 is 9.47 Å². The summed E-state index contributed by atoms with van der Waals surface area (Å²) in [6.07, 6.45) is 6.14. The van der Waals surface area contributed by atoms with E-state index in [1.165, 1.54) is 16.7 Å². The summed E-state index contributed by atoms with van der Waals surface area (Å²) in [5.74, 6) is 1.89. The molecule has 5 rings (SSSR count). The largest absolute Gasteiger partial charge is 0.470 e. The first-order chi connectivity index (χ1) is 16.6. The summed E-state index contributed by atoms with van der Waals surface area (Å²) in [7, 11) is 2.15. The molecule has 0 fully saturated rings. The maximum Gasteiger partial charge on any atom is 0.258 e. The molecule has 3 heterocycles. The number of fused-ring (bicyclic) bond motifs is 1. The number of aromatic nitrogens is 3. The third kappa shape index (κ3) is 4.70. The number of likely N-dealkylation sites (N-methyl/N-ethyl adjacent to an activating group) is 1. The minimum Gasteiger partial charge on any atom is -0.470 e. The molecule has 34 heavy (non-hydrogen) atoms. The highest BCUT2D eigenvalue weighted by molar-refractivity contribution is 5.64.